The van der Waals surface area contributed by atoms with Crippen LogP contribution in [0.5, 0.6) is 6.01 Å². The second-order valence-electron chi connectivity index (χ2n) is 12.9. The summed E-state index contributed by atoms with van der Waals surface area (Å²) >= 11 is 0. The van der Waals surface area contributed by atoms with E-state index >= 15 is 0 Å². The van der Waals surface area contributed by atoms with Crippen LogP contribution in [0.3, 0.4) is 0 Å². The van der Waals surface area contributed by atoms with Gasteiger partial charge in [0.25, 0.3) is 0 Å². The largest absolute Gasteiger partial charge is 0.465 e. The molecule has 3 aliphatic rings. The maximum atomic E-state index is 11.9. The van der Waals surface area contributed by atoms with Crippen molar-refractivity contribution < 1.29 is 34.0 Å². The Balaban J connectivity index is 1.16. The van der Waals surface area contributed by atoms with E-state index in [1.54, 1.807) is 0 Å². The molecule has 6 rings (SSSR count). The summed E-state index contributed by atoms with van der Waals surface area (Å²) in [7, 11) is 2.06. The van der Waals surface area contributed by atoms with Gasteiger partial charge in [0, 0.05) is 55.4 Å². The summed E-state index contributed by atoms with van der Waals surface area (Å²) in [6.07, 6.45) is 0.676. The lowest BCUT2D eigenvalue weighted by Gasteiger charge is -2.41. The van der Waals surface area contributed by atoms with Gasteiger partial charge >= 0.3 is 12.1 Å². The van der Waals surface area contributed by atoms with Crippen molar-refractivity contribution in [2.75, 3.05) is 95.8 Å². The fourth-order valence-corrected chi connectivity index (χ4v) is 7.16. The molecule has 14 nitrogen and oxygen atoms in total. The average molecular weight is 690 g/mol. The molecule has 3 atom stereocenters. The van der Waals surface area contributed by atoms with E-state index in [0.717, 1.165) is 48.7 Å². The van der Waals surface area contributed by atoms with E-state index in [2.05, 4.69) is 70.3 Å². The number of aliphatic hydroxyl groups excluding tert-OH is 1. The Morgan fingerprint density at radius 1 is 0.960 bits per heavy atom. The molecule has 4 heterocycles. The number of piperazine rings is 1. The second kappa shape index (κ2) is 17.1. The first-order valence-corrected chi connectivity index (χ1v) is 17.4. The minimum atomic E-state index is -1.01. The normalized spacial score (nSPS) is 21.0. The van der Waals surface area contributed by atoms with Crippen LogP contribution in [-0.4, -0.2) is 140 Å². The highest BCUT2D eigenvalue weighted by molar-refractivity contribution is 5.94. The van der Waals surface area contributed by atoms with E-state index < -0.39 is 12.1 Å². The van der Waals surface area contributed by atoms with E-state index in [1.165, 1.54) is 15.7 Å². The number of aliphatic hydroxyl groups is 1. The predicted octanol–water partition coefficient (Wildman–Crippen LogP) is 2.77. The molecule has 0 spiro atoms. The number of benzene rings is 2. The zero-order valence-corrected chi connectivity index (χ0v) is 28.7. The number of likely N-dealkylation sites (N-methyl/N-ethyl adjacent to an activating group) is 1. The number of anilines is 2. The van der Waals surface area contributed by atoms with Crippen molar-refractivity contribution >= 4 is 28.4 Å². The predicted molar refractivity (Wildman–Crippen MR) is 187 cm³/mol. The number of hydrogen-bond donors (Lipinski definition) is 2. The molecule has 3 aliphatic heterocycles. The first-order valence-electron chi connectivity index (χ1n) is 17.4. The van der Waals surface area contributed by atoms with Crippen molar-refractivity contribution in [3.8, 4) is 12.1 Å². The maximum Gasteiger partial charge on any atom is 0.407 e. The molecule has 2 N–H and O–H groups in total. The van der Waals surface area contributed by atoms with Gasteiger partial charge in [-0.2, -0.15) is 15.2 Å². The van der Waals surface area contributed by atoms with Crippen LogP contribution in [0, 0.1) is 11.3 Å². The van der Waals surface area contributed by atoms with Gasteiger partial charge in [-0.25, -0.2) is 4.79 Å². The summed E-state index contributed by atoms with van der Waals surface area (Å²) in [5.74, 6) is 0.762. The summed E-state index contributed by atoms with van der Waals surface area (Å²) in [6.45, 7) is 5.84. The molecule has 1 amide bonds. The van der Waals surface area contributed by atoms with Gasteiger partial charge < -0.3 is 43.9 Å². The molecule has 14 heteroatoms. The molecule has 2 saturated heterocycles. The highest BCUT2D eigenvalue weighted by atomic mass is 16.5. The quantitative estimate of drug-likeness (QED) is 0.225. The van der Waals surface area contributed by atoms with Gasteiger partial charge in [0.05, 0.1) is 76.5 Å². The summed E-state index contributed by atoms with van der Waals surface area (Å²) in [6, 6.07) is 16.9. The fourth-order valence-electron chi connectivity index (χ4n) is 7.16. The number of ether oxygens (including phenoxy) is 4. The average Bonchev–Trinajstić information content (AvgIpc) is 3.49. The van der Waals surface area contributed by atoms with E-state index in [9.17, 15) is 15.2 Å². The number of carbonyl (C=O) groups is 1. The Morgan fingerprint density at radius 2 is 1.76 bits per heavy atom. The number of aromatic nitrogens is 2. The molecule has 50 heavy (non-hydrogen) atoms. The molecule has 0 radical (unpaired) electrons. The monoisotopic (exact) mass is 689 g/mol. The Labute approximate surface area is 292 Å². The lowest BCUT2D eigenvalue weighted by Crippen LogP contribution is -2.55. The topological polar surface area (TPSA) is 157 Å². The minimum Gasteiger partial charge on any atom is -0.465 e. The zero-order chi connectivity index (χ0) is 34.9. The first-order chi connectivity index (χ1) is 24.4. The van der Waals surface area contributed by atoms with Crippen molar-refractivity contribution in [2.24, 2.45) is 0 Å². The first kappa shape index (κ1) is 35.6. The number of carboxylic acid groups (broad SMARTS) is 1. The Bertz CT molecular complexity index is 1630. The van der Waals surface area contributed by atoms with Crippen LogP contribution in [0.1, 0.15) is 24.1 Å². The summed E-state index contributed by atoms with van der Waals surface area (Å²) in [5, 5.41) is 30.4. The van der Waals surface area contributed by atoms with Crippen LogP contribution in [0.2, 0.25) is 0 Å². The standard InChI is InChI=1S/C36H47N7O7/c1-40-23-29(49-20-19-48-18-17-47-16-15-44)21-28(40)25-50-35-38-32-24-41(33-8-4-6-26-5-2-3-7-30(26)33)12-10-31(32)34(39-35)42-13-14-43(36(45)46)27(22-42)9-11-37/h2-8,27-29,44H,9-10,12-25H2,1H3,(H,45,46)/t27-,28-,29+/m0/s1. The summed E-state index contributed by atoms with van der Waals surface area (Å²) in [4.78, 5) is 29.9. The number of nitriles is 1. The number of likely N-dealkylation sites (tertiary alicyclic amines) is 1. The molecular weight excluding hydrogens is 642 g/mol. The third-order valence-corrected chi connectivity index (χ3v) is 9.73. The van der Waals surface area contributed by atoms with Crippen molar-refractivity contribution in [3.63, 3.8) is 0 Å². The Hall–Kier alpha value is -4.26. The maximum absolute atomic E-state index is 11.9. The number of hydrogen-bond acceptors (Lipinski definition) is 12. The number of nitrogens with zero attached hydrogens (tertiary/aromatic N) is 7. The van der Waals surface area contributed by atoms with E-state index in [1.807, 2.05) is 0 Å². The lowest BCUT2D eigenvalue weighted by molar-refractivity contribution is -0.0113. The van der Waals surface area contributed by atoms with Crippen LogP contribution < -0.4 is 14.5 Å². The van der Waals surface area contributed by atoms with Gasteiger partial charge in [0.1, 0.15) is 12.4 Å². The molecule has 0 unspecified atom stereocenters. The smallest absolute Gasteiger partial charge is 0.407 e. The van der Waals surface area contributed by atoms with Gasteiger partial charge in [-0.1, -0.05) is 36.4 Å². The fraction of sp³-hybridized carbons (Fsp3) is 0.556. The highest BCUT2D eigenvalue weighted by Crippen LogP contribution is 2.35. The van der Waals surface area contributed by atoms with E-state index in [-0.39, 0.29) is 31.7 Å². The Morgan fingerprint density at radius 3 is 2.58 bits per heavy atom. The van der Waals surface area contributed by atoms with E-state index in [0.29, 0.717) is 65.3 Å². The van der Waals surface area contributed by atoms with Crippen molar-refractivity contribution in [1.29, 1.82) is 5.26 Å². The number of fused-ring (bicyclic) bond motifs is 2. The van der Waals surface area contributed by atoms with Crippen molar-refractivity contribution in [2.45, 2.75) is 44.0 Å². The zero-order valence-electron chi connectivity index (χ0n) is 28.7. The molecule has 2 aromatic carbocycles. The number of rotatable bonds is 15. The molecule has 2 fully saturated rings. The van der Waals surface area contributed by atoms with Crippen LogP contribution in [-0.2, 0) is 27.2 Å². The molecule has 268 valence electrons. The highest BCUT2D eigenvalue weighted by Gasteiger charge is 2.35. The third kappa shape index (κ3) is 8.54. The Kier molecular flexibility index (Phi) is 12.2. The van der Waals surface area contributed by atoms with Gasteiger partial charge in [0.2, 0.25) is 0 Å². The van der Waals surface area contributed by atoms with Crippen molar-refractivity contribution in [1.82, 2.24) is 19.8 Å². The number of amides is 1. The second-order valence-corrected chi connectivity index (χ2v) is 12.9. The van der Waals surface area contributed by atoms with Gasteiger partial charge in [0.15, 0.2) is 0 Å². The molecule has 0 saturated carbocycles. The third-order valence-electron chi connectivity index (χ3n) is 9.73. The molecule has 3 aromatic rings. The summed E-state index contributed by atoms with van der Waals surface area (Å²) < 4.78 is 23.2. The van der Waals surface area contributed by atoms with Gasteiger partial charge in [-0.05, 0) is 31.3 Å². The van der Waals surface area contributed by atoms with Crippen molar-refractivity contribution in [3.05, 3.63) is 53.7 Å². The van der Waals surface area contributed by atoms with E-state index in [4.69, 9.17) is 34.0 Å². The molecule has 1 aromatic heterocycles. The molecular formula is C36H47N7O7. The molecule has 0 bridgehead atoms. The molecule has 0 aliphatic carbocycles. The van der Waals surface area contributed by atoms with Crippen LogP contribution >= 0.6 is 0 Å². The SMILES string of the molecule is CN1C[C@H](OCCOCCOCCO)C[C@H]1COc1nc2c(c(N3CCN(C(=O)O)[C@@H](CC#N)C3)n1)CCN(c1cccc3ccccc13)C2. The summed E-state index contributed by atoms with van der Waals surface area (Å²) in [5.41, 5.74) is 3.09. The lowest BCUT2D eigenvalue weighted by atomic mass is 10.0. The van der Waals surface area contributed by atoms with Crippen LogP contribution in [0.4, 0.5) is 16.3 Å². The van der Waals surface area contributed by atoms with Crippen LogP contribution in [0.25, 0.3) is 10.8 Å². The van der Waals surface area contributed by atoms with Crippen LogP contribution in [0.15, 0.2) is 42.5 Å². The van der Waals surface area contributed by atoms with Gasteiger partial charge in [-0.15, -0.1) is 0 Å². The van der Waals surface area contributed by atoms with Gasteiger partial charge in [-0.3, -0.25) is 4.90 Å². The minimum absolute atomic E-state index is 0.00308.